The fourth-order valence-electron chi connectivity index (χ4n) is 3.88. The van der Waals surface area contributed by atoms with Crippen molar-refractivity contribution in [3.05, 3.63) is 29.8 Å². The molecule has 26 heavy (non-hydrogen) atoms. The van der Waals surface area contributed by atoms with Gasteiger partial charge in [-0.05, 0) is 57.6 Å². The van der Waals surface area contributed by atoms with Gasteiger partial charge in [-0.15, -0.1) is 0 Å². The summed E-state index contributed by atoms with van der Waals surface area (Å²) < 4.78 is 17.2. The Labute approximate surface area is 155 Å². The summed E-state index contributed by atoms with van der Waals surface area (Å²) in [7, 11) is 0. The zero-order chi connectivity index (χ0) is 18.5. The zero-order valence-electron chi connectivity index (χ0n) is 16.0. The Morgan fingerprint density at radius 1 is 0.923 bits per heavy atom. The van der Waals surface area contributed by atoms with Gasteiger partial charge in [-0.3, -0.25) is 4.79 Å². The number of amides is 1. The lowest BCUT2D eigenvalue weighted by Crippen LogP contribution is -2.29. The lowest BCUT2D eigenvalue weighted by atomic mass is 9.86. The third kappa shape index (κ3) is 3.81. The van der Waals surface area contributed by atoms with Crippen molar-refractivity contribution in [1.29, 1.82) is 0 Å². The van der Waals surface area contributed by atoms with Gasteiger partial charge in [0, 0.05) is 18.7 Å². The fraction of sp³-hybridized carbons (Fsp3) is 0.571. The number of fused-ring (bicyclic) bond motifs is 1. The molecule has 0 N–H and O–H groups in total. The number of likely N-dealkylation sites (tertiary alicyclic amines) is 1. The highest BCUT2D eigenvalue weighted by Gasteiger charge is 2.35. The summed E-state index contributed by atoms with van der Waals surface area (Å²) in [6.07, 6.45) is 6.64. The lowest BCUT2D eigenvalue weighted by Gasteiger charge is -2.20. The normalized spacial score (nSPS) is 21.4. The van der Waals surface area contributed by atoms with Crippen molar-refractivity contribution < 1.29 is 19.0 Å². The van der Waals surface area contributed by atoms with Crippen LogP contribution < -0.4 is 14.2 Å². The van der Waals surface area contributed by atoms with Crippen LogP contribution in [0.25, 0.3) is 0 Å². The average molecular weight is 359 g/mol. The summed E-state index contributed by atoms with van der Waals surface area (Å²) in [6.45, 7) is 8.93. The van der Waals surface area contributed by atoms with Crippen molar-refractivity contribution in [3.8, 4) is 17.2 Å². The van der Waals surface area contributed by atoms with Gasteiger partial charge in [0.1, 0.15) is 0 Å². The first-order chi connectivity index (χ1) is 12.7. The molecule has 3 rings (SSSR count). The van der Waals surface area contributed by atoms with Crippen molar-refractivity contribution in [1.82, 2.24) is 4.90 Å². The molecule has 2 unspecified atom stereocenters. The molecule has 5 nitrogen and oxygen atoms in total. The summed E-state index contributed by atoms with van der Waals surface area (Å²) in [5.74, 6) is 2.94. The SMILES string of the molecule is CCOc1cc(C(=O)N2CC3CC=CCC3C2)cc(OCC)c1OCC. The van der Waals surface area contributed by atoms with E-state index in [1.807, 2.05) is 25.7 Å². The second kappa shape index (κ2) is 8.47. The Morgan fingerprint density at radius 3 is 1.88 bits per heavy atom. The van der Waals surface area contributed by atoms with Gasteiger partial charge in [-0.25, -0.2) is 0 Å². The van der Waals surface area contributed by atoms with E-state index in [4.69, 9.17) is 14.2 Å². The van der Waals surface area contributed by atoms with E-state index in [1.54, 1.807) is 12.1 Å². The molecule has 1 aliphatic heterocycles. The number of hydrogen-bond donors (Lipinski definition) is 0. The molecule has 1 amide bonds. The van der Waals surface area contributed by atoms with E-state index in [1.165, 1.54) is 0 Å². The Morgan fingerprint density at radius 2 is 1.42 bits per heavy atom. The van der Waals surface area contributed by atoms with E-state index in [2.05, 4.69) is 12.2 Å². The van der Waals surface area contributed by atoms with Crippen LogP contribution in [0.5, 0.6) is 17.2 Å². The number of benzene rings is 1. The van der Waals surface area contributed by atoms with E-state index in [0.29, 0.717) is 54.5 Å². The first kappa shape index (κ1) is 18.6. The van der Waals surface area contributed by atoms with Gasteiger partial charge in [-0.1, -0.05) is 12.2 Å². The molecular formula is C21H29NO4. The number of carbonyl (C=O) groups excluding carboxylic acids is 1. The van der Waals surface area contributed by atoms with E-state index in [0.717, 1.165) is 25.9 Å². The summed E-state index contributed by atoms with van der Waals surface area (Å²) >= 11 is 0. The predicted octanol–water partition coefficient (Wildman–Crippen LogP) is 3.92. The number of allylic oxidation sites excluding steroid dienone is 2. The third-order valence-corrected chi connectivity index (χ3v) is 5.06. The van der Waals surface area contributed by atoms with Crippen molar-refractivity contribution in [2.24, 2.45) is 11.8 Å². The van der Waals surface area contributed by atoms with Crippen molar-refractivity contribution in [2.45, 2.75) is 33.6 Å². The third-order valence-electron chi connectivity index (χ3n) is 5.06. The predicted molar refractivity (Wildman–Crippen MR) is 101 cm³/mol. The molecule has 2 aliphatic rings. The van der Waals surface area contributed by atoms with Gasteiger partial charge in [0.2, 0.25) is 5.75 Å². The summed E-state index contributed by atoms with van der Waals surface area (Å²) in [5, 5.41) is 0. The van der Waals surface area contributed by atoms with Gasteiger partial charge in [0.15, 0.2) is 11.5 Å². The number of carbonyl (C=O) groups is 1. The second-order valence-electron chi connectivity index (χ2n) is 6.77. The molecule has 142 valence electrons. The Bertz CT molecular complexity index is 627. The van der Waals surface area contributed by atoms with Crippen LogP contribution in [-0.2, 0) is 0 Å². The Balaban J connectivity index is 1.87. The van der Waals surface area contributed by atoms with E-state index in [-0.39, 0.29) is 5.91 Å². The highest BCUT2D eigenvalue weighted by molar-refractivity contribution is 5.96. The lowest BCUT2D eigenvalue weighted by molar-refractivity contribution is 0.0783. The van der Waals surface area contributed by atoms with E-state index >= 15 is 0 Å². The molecule has 0 bridgehead atoms. The summed E-state index contributed by atoms with van der Waals surface area (Å²) in [4.78, 5) is 15.1. The first-order valence-corrected chi connectivity index (χ1v) is 9.68. The average Bonchev–Trinajstić information content (AvgIpc) is 3.08. The van der Waals surface area contributed by atoms with Gasteiger partial charge >= 0.3 is 0 Å². The Hall–Kier alpha value is -2.17. The molecule has 1 fully saturated rings. The molecule has 1 saturated heterocycles. The molecule has 0 radical (unpaired) electrons. The van der Waals surface area contributed by atoms with Crippen molar-refractivity contribution in [2.75, 3.05) is 32.9 Å². The largest absolute Gasteiger partial charge is 0.490 e. The smallest absolute Gasteiger partial charge is 0.254 e. The topological polar surface area (TPSA) is 48.0 Å². The van der Waals surface area contributed by atoms with Gasteiger partial charge < -0.3 is 19.1 Å². The monoisotopic (exact) mass is 359 g/mol. The fourth-order valence-corrected chi connectivity index (χ4v) is 3.88. The molecule has 0 saturated carbocycles. The van der Waals surface area contributed by atoms with Crippen LogP contribution in [-0.4, -0.2) is 43.7 Å². The Kier molecular flexibility index (Phi) is 6.07. The van der Waals surface area contributed by atoms with Crippen LogP contribution in [0.4, 0.5) is 0 Å². The first-order valence-electron chi connectivity index (χ1n) is 9.68. The summed E-state index contributed by atoms with van der Waals surface area (Å²) in [6, 6.07) is 3.58. The minimum Gasteiger partial charge on any atom is -0.490 e. The van der Waals surface area contributed by atoms with E-state index in [9.17, 15) is 4.79 Å². The number of nitrogens with zero attached hydrogens (tertiary/aromatic N) is 1. The standard InChI is InChI=1S/C21H29NO4/c1-4-24-18-11-17(12-19(25-5-2)20(18)26-6-3)21(23)22-13-15-9-7-8-10-16(15)14-22/h7-8,11-12,15-16H,4-6,9-10,13-14H2,1-3H3. The van der Waals surface area contributed by atoms with E-state index < -0.39 is 0 Å². The number of hydrogen-bond acceptors (Lipinski definition) is 4. The van der Waals surface area contributed by atoms with Crippen molar-refractivity contribution >= 4 is 5.91 Å². The number of rotatable bonds is 7. The van der Waals surface area contributed by atoms with Crippen molar-refractivity contribution in [3.63, 3.8) is 0 Å². The minimum atomic E-state index is 0.0457. The maximum absolute atomic E-state index is 13.1. The molecule has 0 aromatic heterocycles. The zero-order valence-corrected chi connectivity index (χ0v) is 16.0. The van der Waals surface area contributed by atoms with Crippen LogP contribution in [0.3, 0.4) is 0 Å². The van der Waals surface area contributed by atoms with Crippen LogP contribution >= 0.6 is 0 Å². The minimum absolute atomic E-state index is 0.0457. The van der Waals surface area contributed by atoms with Gasteiger partial charge in [-0.2, -0.15) is 0 Å². The van der Waals surface area contributed by atoms with Gasteiger partial charge in [0.25, 0.3) is 5.91 Å². The molecule has 2 atom stereocenters. The molecule has 0 spiro atoms. The maximum Gasteiger partial charge on any atom is 0.254 e. The number of ether oxygens (including phenoxy) is 3. The maximum atomic E-state index is 13.1. The molecule has 1 aromatic carbocycles. The van der Waals surface area contributed by atoms with Crippen LogP contribution in [0.1, 0.15) is 44.0 Å². The van der Waals surface area contributed by atoms with Gasteiger partial charge in [0.05, 0.1) is 19.8 Å². The highest BCUT2D eigenvalue weighted by atomic mass is 16.5. The highest BCUT2D eigenvalue weighted by Crippen LogP contribution is 2.40. The molecular weight excluding hydrogens is 330 g/mol. The molecule has 1 aliphatic carbocycles. The van der Waals surface area contributed by atoms with Crippen LogP contribution in [0.2, 0.25) is 0 Å². The van der Waals surface area contributed by atoms with Crippen LogP contribution in [0, 0.1) is 11.8 Å². The molecule has 1 heterocycles. The van der Waals surface area contributed by atoms with Crippen LogP contribution in [0.15, 0.2) is 24.3 Å². The summed E-state index contributed by atoms with van der Waals surface area (Å²) in [5.41, 5.74) is 0.604. The second-order valence-corrected chi connectivity index (χ2v) is 6.77. The molecule has 1 aromatic rings. The molecule has 5 heteroatoms. The quantitative estimate of drug-likeness (QED) is 0.692.